The molecule has 1 aromatic rings. The molecule has 0 unspecified atom stereocenters. The Balaban J connectivity index is 1.99. The van der Waals surface area contributed by atoms with E-state index in [0.29, 0.717) is 0 Å². The average molecular weight is 158 g/mol. The minimum Gasteiger partial charge on any atom is -0.146 e. The Morgan fingerprint density at radius 2 is 2.56 bits per heavy atom. The second-order valence-electron chi connectivity index (χ2n) is 2.02. The molecular weight excluding hydrogens is 152 g/mol. The zero-order valence-corrected chi connectivity index (χ0v) is 6.41. The second-order valence-corrected chi connectivity index (χ2v) is 4.40. The standard InChI is InChI=1S/C5H6N2S2/c1-2-4(1)9-5-7-6-3-8-5/h3-4H,1-2H2. The van der Waals surface area contributed by atoms with Crippen LogP contribution in [0.3, 0.4) is 0 Å². The fourth-order valence-electron chi connectivity index (χ4n) is 0.543. The topological polar surface area (TPSA) is 25.8 Å². The van der Waals surface area contributed by atoms with Crippen molar-refractivity contribution >= 4 is 23.1 Å². The molecule has 1 fully saturated rings. The van der Waals surface area contributed by atoms with Gasteiger partial charge in [-0.3, -0.25) is 0 Å². The molecule has 1 aliphatic rings. The Kier molecular flexibility index (Phi) is 1.43. The first-order chi connectivity index (χ1) is 4.45. The number of hydrogen-bond acceptors (Lipinski definition) is 4. The molecule has 0 aliphatic heterocycles. The summed E-state index contributed by atoms with van der Waals surface area (Å²) in [5.74, 6) is 0. The maximum absolute atomic E-state index is 3.93. The molecule has 9 heavy (non-hydrogen) atoms. The molecule has 0 amide bonds. The lowest BCUT2D eigenvalue weighted by Crippen LogP contribution is -1.72. The molecule has 1 saturated carbocycles. The molecule has 2 nitrogen and oxygen atoms in total. The third-order valence-electron chi connectivity index (χ3n) is 1.13. The molecule has 1 aromatic heterocycles. The van der Waals surface area contributed by atoms with Crippen molar-refractivity contribution in [2.45, 2.75) is 22.4 Å². The molecule has 2 rings (SSSR count). The molecule has 0 spiro atoms. The van der Waals surface area contributed by atoms with Crippen LogP contribution >= 0.6 is 23.1 Å². The Morgan fingerprint density at radius 3 is 3.11 bits per heavy atom. The predicted octanol–water partition coefficient (Wildman–Crippen LogP) is 1.79. The molecule has 0 N–H and O–H groups in total. The van der Waals surface area contributed by atoms with E-state index in [-0.39, 0.29) is 0 Å². The SMILES string of the molecule is c1nnc(SC2CC2)s1. The van der Waals surface area contributed by atoms with E-state index < -0.39 is 0 Å². The molecule has 0 bridgehead atoms. The summed E-state index contributed by atoms with van der Waals surface area (Å²) in [5.41, 5.74) is 1.78. The maximum Gasteiger partial charge on any atom is 0.174 e. The molecule has 0 saturated heterocycles. The minimum atomic E-state index is 0.859. The monoisotopic (exact) mass is 158 g/mol. The van der Waals surface area contributed by atoms with Crippen molar-refractivity contribution in [2.75, 3.05) is 0 Å². The summed E-state index contributed by atoms with van der Waals surface area (Å²) in [6, 6.07) is 0. The first-order valence-corrected chi connectivity index (χ1v) is 4.64. The predicted molar refractivity (Wildman–Crippen MR) is 38.8 cm³/mol. The van der Waals surface area contributed by atoms with Gasteiger partial charge in [0.15, 0.2) is 4.34 Å². The normalized spacial score (nSPS) is 18.2. The molecule has 0 atom stereocenters. The minimum absolute atomic E-state index is 0.859. The van der Waals surface area contributed by atoms with Gasteiger partial charge in [-0.2, -0.15) is 0 Å². The van der Waals surface area contributed by atoms with E-state index in [4.69, 9.17) is 0 Å². The first-order valence-electron chi connectivity index (χ1n) is 2.88. The van der Waals surface area contributed by atoms with Crippen molar-refractivity contribution in [3.05, 3.63) is 5.51 Å². The van der Waals surface area contributed by atoms with Crippen molar-refractivity contribution in [1.82, 2.24) is 10.2 Å². The van der Waals surface area contributed by atoms with E-state index in [1.54, 1.807) is 16.8 Å². The summed E-state index contributed by atoms with van der Waals surface area (Å²) in [6.07, 6.45) is 2.73. The van der Waals surface area contributed by atoms with E-state index in [9.17, 15) is 0 Å². The van der Waals surface area contributed by atoms with Crippen LogP contribution in [-0.2, 0) is 0 Å². The maximum atomic E-state index is 3.93. The van der Waals surface area contributed by atoms with Crippen LogP contribution in [0.5, 0.6) is 0 Å². The summed E-state index contributed by atoms with van der Waals surface area (Å²) in [6.45, 7) is 0. The van der Waals surface area contributed by atoms with Crippen molar-refractivity contribution in [3.8, 4) is 0 Å². The first kappa shape index (κ1) is 5.68. The van der Waals surface area contributed by atoms with Gasteiger partial charge in [0.05, 0.1) is 0 Å². The Hall–Kier alpha value is -0.0900. The molecule has 48 valence electrons. The van der Waals surface area contributed by atoms with Gasteiger partial charge in [-0.05, 0) is 12.8 Å². The summed E-state index contributed by atoms with van der Waals surface area (Å²) in [7, 11) is 0. The molecule has 1 heterocycles. The number of rotatable bonds is 2. The van der Waals surface area contributed by atoms with Crippen LogP contribution in [0.4, 0.5) is 0 Å². The highest BCUT2D eigenvalue weighted by Crippen LogP contribution is 2.39. The highest BCUT2D eigenvalue weighted by Gasteiger charge is 2.23. The van der Waals surface area contributed by atoms with Crippen LogP contribution in [0.15, 0.2) is 9.85 Å². The fourth-order valence-corrected chi connectivity index (χ4v) is 2.33. The van der Waals surface area contributed by atoms with Gasteiger partial charge in [0.1, 0.15) is 5.51 Å². The highest BCUT2D eigenvalue weighted by atomic mass is 32.2. The van der Waals surface area contributed by atoms with Crippen molar-refractivity contribution in [3.63, 3.8) is 0 Å². The van der Waals surface area contributed by atoms with Gasteiger partial charge in [-0.1, -0.05) is 23.1 Å². The van der Waals surface area contributed by atoms with Crippen molar-refractivity contribution in [1.29, 1.82) is 0 Å². The van der Waals surface area contributed by atoms with Gasteiger partial charge in [-0.15, -0.1) is 10.2 Å². The van der Waals surface area contributed by atoms with Crippen LogP contribution in [0.25, 0.3) is 0 Å². The van der Waals surface area contributed by atoms with E-state index in [1.807, 2.05) is 11.8 Å². The van der Waals surface area contributed by atoms with E-state index in [2.05, 4.69) is 10.2 Å². The van der Waals surface area contributed by atoms with Gasteiger partial charge in [-0.25, -0.2) is 0 Å². The number of aromatic nitrogens is 2. The number of hydrogen-bond donors (Lipinski definition) is 0. The molecule has 4 heteroatoms. The van der Waals surface area contributed by atoms with E-state index >= 15 is 0 Å². The Morgan fingerprint density at radius 1 is 1.67 bits per heavy atom. The zero-order chi connectivity index (χ0) is 6.10. The lowest BCUT2D eigenvalue weighted by Gasteiger charge is -1.85. The van der Waals surface area contributed by atoms with E-state index in [0.717, 1.165) is 9.59 Å². The number of thioether (sulfide) groups is 1. The Bertz CT molecular complexity index is 181. The van der Waals surface area contributed by atoms with Crippen LogP contribution in [-0.4, -0.2) is 15.4 Å². The molecular formula is C5H6N2S2. The van der Waals surface area contributed by atoms with Gasteiger partial charge in [0.2, 0.25) is 0 Å². The smallest absolute Gasteiger partial charge is 0.146 e. The van der Waals surface area contributed by atoms with Gasteiger partial charge in [0, 0.05) is 5.25 Å². The third kappa shape index (κ3) is 1.43. The van der Waals surface area contributed by atoms with Gasteiger partial charge < -0.3 is 0 Å². The third-order valence-corrected chi connectivity index (χ3v) is 3.28. The fraction of sp³-hybridized carbons (Fsp3) is 0.600. The second kappa shape index (κ2) is 2.27. The number of nitrogens with zero attached hydrogens (tertiary/aromatic N) is 2. The zero-order valence-electron chi connectivity index (χ0n) is 4.78. The van der Waals surface area contributed by atoms with Crippen LogP contribution in [0, 0.1) is 0 Å². The summed E-state index contributed by atoms with van der Waals surface area (Å²) in [5, 5.41) is 8.54. The molecule has 0 radical (unpaired) electrons. The molecule has 0 aromatic carbocycles. The molecule has 1 aliphatic carbocycles. The van der Waals surface area contributed by atoms with Gasteiger partial charge in [0.25, 0.3) is 0 Å². The Labute approximate surface area is 61.7 Å². The van der Waals surface area contributed by atoms with Crippen LogP contribution < -0.4 is 0 Å². The summed E-state index contributed by atoms with van der Waals surface area (Å²) < 4.78 is 1.12. The van der Waals surface area contributed by atoms with Crippen LogP contribution in [0.1, 0.15) is 12.8 Å². The van der Waals surface area contributed by atoms with Crippen LogP contribution in [0.2, 0.25) is 0 Å². The summed E-state index contributed by atoms with van der Waals surface area (Å²) in [4.78, 5) is 0. The quantitative estimate of drug-likeness (QED) is 0.656. The lowest BCUT2D eigenvalue weighted by molar-refractivity contribution is 1.01. The highest BCUT2D eigenvalue weighted by molar-refractivity contribution is 8.01. The van der Waals surface area contributed by atoms with E-state index in [1.165, 1.54) is 12.8 Å². The average Bonchev–Trinajstić information content (AvgIpc) is 2.46. The van der Waals surface area contributed by atoms with Crippen molar-refractivity contribution < 1.29 is 0 Å². The summed E-state index contributed by atoms with van der Waals surface area (Å²) >= 11 is 3.49. The van der Waals surface area contributed by atoms with Crippen molar-refractivity contribution in [2.24, 2.45) is 0 Å². The largest absolute Gasteiger partial charge is 0.174 e. The lowest BCUT2D eigenvalue weighted by atomic mass is 11.0. The van der Waals surface area contributed by atoms with Gasteiger partial charge >= 0.3 is 0 Å².